The molecule has 0 aromatic carbocycles. The van der Waals surface area contributed by atoms with E-state index in [1.54, 1.807) is 0 Å². The summed E-state index contributed by atoms with van der Waals surface area (Å²) in [5, 5.41) is 0.818. The van der Waals surface area contributed by atoms with Gasteiger partial charge in [-0.3, -0.25) is 0 Å². The average molecular weight is 357 g/mol. The number of halogens is 1. The predicted molar refractivity (Wildman–Crippen MR) is 105 cm³/mol. The SMILES string of the molecule is CCCCCCCCCCCCCCSC[n+]1cccc(Cl)c1. The van der Waals surface area contributed by atoms with Crippen molar-refractivity contribution >= 4 is 23.4 Å². The lowest BCUT2D eigenvalue weighted by Gasteiger charge is -2.02. The lowest BCUT2D eigenvalue weighted by molar-refractivity contribution is -0.675. The number of unbranched alkanes of at least 4 members (excludes halogenated alkanes) is 11. The van der Waals surface area contributed by atoms with Gasteiger partial charge in [-0.1, -0.05) is 101 Å². The molecule has 132 valence electrons. The number of pyridine rings is 1. The van der Waals surface area contributed by atoms with Crippen LogP contribution < -0.4 is 4.57 Å². The molecule has 0 aliphatic carbocycles. The van der Waals surface area contributed by atoms with Gasteiger partial charge in [-0.25, -0.2) is 0 Å². The number of hydrogen-bond donors (Lipinski definition) is 0. The van der Waals surface area contributed by atoms with E-state index in [1.165, 1.54) is 82.8 Å². The molecule has 0 aliphatic rings. The molecule has 0 N–H and O–H groups in total. The fourth-order valence-corrected chi connectivity index (χ4v) is 3.89. The third-order valence-electron chi connectivity index (χ3n) is 4.20. The Morgan fingerprint density at radius 2 is 1.43 bits per heavy atom. The van der Waals surface area contributed by atoms with Crippen LogP contribution >= 0.6 is 23.4 Å². The van der Waals surface area contributed by atoms with Gasteiger partial charge in [0.1, 0.15) is 5.02 Å². The van der Waals surface area contributed by atoms with Crippen LogP contribution in [0.3, 0.4) is 0 Å². The zero-order chi connectivity index (χ0) is 16.6. The summed E-state index contributed by atoms with van der Waals surface area (Å²) in [5.41, 5.74) is 0. The fourth-order valence-electron chi connectivity index (χ4n) is 2.79. The van der Waals surface area contributed by atoms with E-state index >= 15 is 0 Å². The van der Waals surface area contributed by atoms with Crippen LogP contribution in [0.1, 0.15) is 84.0 Å². The third kappa shape index (κ3) is 12.8. The van der Waals surface area contributed by atoms with Gasteiger partial charge in [0, 0.05) is 6.07 Å². The molecule has 0 unspecified atom stereocenters. The van der Waals surface area contributed by atoms with Crippen LogP contribution in [0, 0.1) is 0 Å². The highest BCUT2D eigenvalue weighted by atomic mass is 35.5. The maximum atomic E-state index is 5.98. The Morgan fingerprint density at radius 1 is 0.870 bits per heavy atom. The first-order valence-electron chi connectivity index (χ1n) is 9.55. The molecule has 0 saturated heterocycles. The lowest BCUT2D eigenvalue weighted by Crippen LogP contribution is -2.30. The molecule has 0 saturated carbocycles. The fraction of sp³-hybridized carbons (Fsp3) is 0.750. The zero-order valence-electron chi connectivity index (χ0n) is 14.9. The van der Waals surface area contributed by atoms with Crippen LogP contribution in [0.15, 0.2) is 24.5 Å². The standard InChI is InChI=1S/C20H35ClNS/c1-2-3-4-5-6-7-8-9-10-11-12-13-17-23-19-22-16-14-15-20(21)18-22/h14-16,18H,2-13,17,19H2,1H3/q+1. The first kappa shape index (κ1) is 20.8. The van der Waals surface area contributed by atoms with Crippen molar-refractivity contribution in [3.8, 4) is 0 Å². The average Bonchev–Trinajstić information content (AvgIpc) is 2.55. The minimum atomic E-state index is 0.818. The molecule has 0 bridgehead atoms. The van der Waals surface area contributed by atoms with Crippen LogP contribution in [0.5, 0.6) is 0 Å². The van der Waals surface area contributed by atoms with Crippen molar-refractivity contribution in [3.05, 3.63) is 29.5 Å². The summed E-state index contributed by atoms with van der Waals surface area (Å²) >= 11 is 7.98. The van der Waals surface area contributed by atoms with E-state index in [0.29, 0.717) is 0 Å². The summed E-state index contributed by atoms with van der Waals surface area (Å²) < 4.78 is 2.16. The predicted octanol–water partition coefficient (Wildman–Crippen LogP) is 7.02. The van der Waals surface area contributed by atoms with Crippen molar-refractivity contribution in [1.82, 2.24) is 0 Å². The second-order valence-electron chi connectivity index (χ2n) is 6.46. The third-order valence-corrected chi connectivity index (χ3v) is 5.49. The Bertz CT molecular complexity index is 384. The monoisotopic (exact) mass is 356 g/mol. The molecule has 1 aromatic rings. The topological polar surface area (TPSA) is 3.88 Å². The molecular weight excluding hydrogens is 322 g/mol. The largest absolute Gasteiger partial charge is 0.194 e. The van der Waals surface area contributed by atoms with Gasteiger partial charge in [0.15, 0.2) is 18.3 Å². The molecule has 0 fully saturated rings. The number of thioether (sulfide) groups is 1. The van der Waals surface area contributed by atoms with Gasteiger partial charge < -0.3 is 0 Å². The number of hydrogen-bond acceptors (Lipinski definition) is 1. The lowest BCUT2D eigenvalue weighted by atomic mass is 10.1. The van der Waals surface area contributed by atoms with E-state index < -0.39 is 0 Å². The number of nitrogens with zero attached hydrogens (tertiary/aromatic N) is 1. The van der Waals surface area contributed by atoms with Crippen LogP contribution in [0.25, 0.3) is 0 Å². The number of rotatable bonds is 15. The zero-order valence-corrected chi connectivity index (χ0v) is 16.5. The first-order valence-corrected chi connectivity index (χ1v) is 11.1. The van der Waals surface area contributed by atoms with Crippen molar-refractivity contribution in [1.29, 1.82) is 0 Å². The second kappa shape index (κ2) is 15.3. The molecule has 1 heterocycles. The Balaban J connectivity index is 1.78. The van der Waals surface area contributed by atoms with E-state index in [2.05, 4.69) is 17.7 Å². The molecule has 0 aliphatic heterocycles. The normalized spacial score (nSPS) is 11.0. The van der Waals surface area contributed by atoms with E-state index in [9.17, 15) is 0 Å². The first-order chi connectivity index (χ1) is 11.3. The van der Waals surface area contributed by atoms with E-state index in [4.69, 9.17) is 11.6 Å². The summed E-state index contributed by atoms with van der Waals surface area (Å²) in [4.78, 5) is 0. The molecule has 0 spiro atoms. The van der Waals surface area contributed by atoms with Gasteiger partial charge in [-0.05, 0) is 18.2 Å². The van der Waals surface area contributed by atoms with Crippen molar-refractivity contribution in [2.24, 2.45) is 0 Å². The summed E-state index contributed by atoms with van der Waals surface area (Å²) in [6, 6.07) is 3.93. The van der Waals surface area contributed by atoms with Gasteiger partial charge in [0.25, 0.3) is 0 Å². The van der Waals surface area contributed by atoms with Gasteiger partial charge in [-0.15, -0.1) is 0 Å². The molecule has 0 radical (unpaired) electrons. The van der Waals surface area contributed by atoms with Crippen molar-refractivity contribution in [2.75, 3.05) is 5.75 Å². The summed E-state index contributed by atoms with van der Waals surface area (Å²) in [6.07, 6.45) is 21.2. The van der Waals surface area contributed by atoms with Crippen molar-refractivity contribution in [2.45, 2.75) is 89.9 Å². The van der Waals surface area contributed by atoms with Crippen molar-refractivity contribution < 1.29 is 4.57 Å². The summed E-state index contributed by atoms with van der Waals surface area (Å²) in [6.45, 7) is 2.29. The van der Waals surface area contributed by atoms with Crippen LogP contribution in [-0.4, -0.2) is 5.75 Å². The summed E-state index contributed by atoms with van der Waals surface area (Å²) in [7, 11) is 0. The number of aromatic nitrogens is 1. The highest BCUT2D eigenvalue weighted by molar-refractivity contribution is 7.98. The molecule has 23 heavy (non-hydrogen) atoms. The van der Waals surface area contributed by atoms with Crippen LogP contribution in [-0.2, 0) is 5.88 Å². The minimum Gasteiger partial charge on any atom is -0.194 e. The minimum absolute atomic E-state index is 0.818. The Kier molecular flexibility index (Phi) is 13.9. The maximum absolute atomic E-state index is 5.98. The Labute approximate surface area is 153 Å². The van der Waals surface area contributed by atoms with E-state index in [0.717, 1.165) is 10.9 Å². The van der Waals surface area contributed by atoms with E-state index in [-0.39, 0.29) is 0 Å². The molecule has 0 amide bonds. The van der Waals surface area contributed by atoms with Crippen molar-refractivity contribution in [3.63, 3.8) is 0 Å². The molecule has 1 rings (SSSR count). The van der Waals surface area contributed by atoms with Gasteiger partial charge in [-0.2, -0.15) is 4.57 Å². The van der Waals surface area contributed by atoms with Crippen LogP contribution in [0.4, 0.5) is 0 Å². The van der Waals surface area contributed by atoms with Gasteiger partial charge in [0.05, 0.1) is 0 Å². The Hall–Kier alpha value is -0.210. The second-order valence-corrected chi connectivity index (χ2v) is 7.97. The molecular formula is C20H35ClNS+. The van der Waals surface area contributed by atoms with Gasteiger partial charge >= 0.3 is 0 Å². The van der Waals surface area contributed by atoms with E-state index in [1.807, 2.05) is 30.1 Å². The summed E-state index contributed by atoms with van der Waals surface area (Å²) in [5.74, 6) is 2.27. The highest BCUT2D eigenvalue weighted by Gasteiger charge is 2.01. The van der Waals surface area contributed by atoms with Crippen LogP contribution in [0.2, 0.25) is 5.02 Å². The van der Waals surface area contributed by atoms with Gasteiger partial charge in [0.2, 0.25) is 0 Å². The quantitative estimate of drug-likeness (QED) is 0.241. The molecule has 3 heteroatoms. The molecule has 1 nitrogen and oxygen atoms in total. The molecule has 0 atom stereocenters. The molecule has 1 aromatic heterocycles. The smallest absolute Gasteiger partial charge is 0.194 e. The highest BCUT2D eigenvalue weighted by Crippen LogP contribution is 2.13. The maximum Gasteiger partial charge on any atom is 0.194 e. The Morgan fingerprint density at radius 3 is 2.00 bits per heavy atom.